The number of hydrogen-bond acceptors (Lipinski definition) is 2. The highest BCUT2D eigenvalue weighted by atomic mass is 79.9. The number of benzene rings is 2. The van der Waals surface area contributed by atoms with Crippen molar-refractivity contribution < 1.29 is 9.18 Å². The van der Waals surface area contributed by atoms with Gasteiger partial charge in [0.15, 0.2) is 0 Å². The van der Waals surface area contributed by atoms with Crippen LogP contribution >= 0.6 is 15.9 Å². The van der Waals surface area contributed by atoms with Crippen molar-refractivity contribution in [3.05, 3.63) is 63.9 Å². The molecule has 0 aliphatic carbocycles. The minimum Gasteiger partial charge on any atom is -0.307 e. The highest BCUT2D eigenvalue weighted by Crippen LogP contribution is 2.27. The van der Waals surface area contributed by atoms with E-state index in [0.717, 1.165) is 21.3 Å². The number of anilines is 1. The first kappa shape index (κ1) is 14.2. The van der Waals surface area contributed by atoms with Crippen molar-refractivity contribution in [1.29, 1.82) is 0 Å². The fraction of sp³-hybridized carbons (Fsp3) is 0.188. The summed E-state index contributed by atoms with van der Waals surface area (Å²) in [4.78, 5) is 14.0. The maximum atomic E-state index is 13.4. The van der Waals surface area contributed by atoms with Crippen LogP contribution in [0.25, 0.3) is 0 Å². The van der Waals surface area contributed by atoms with Gasteiger partial charge in [-0.2, -0.15) is 0 Å². The van der Waals surface area contributed by atoms with E-state index in [1.54, 1.807) is 11.0 Å². The van der Waals surface area contributed by atoms with E-state index in [2.05, 4.69) is 21.2 Å². The molecule has 1 N–H and O–H groups in total. The number of para-hydroxylation sites is 1. The van der Waals surface area contributed by atoms with Crippen molar-refractivity contribution in [3.63, 3.8) is 0 Å². The van der Waals surface area contributed by atoms with Crippen LogP contribution in [0.5, 0.6) is 0 Å². The number of nitrogens with zero attached hydrogens (tertiary/aromatic N) is 1. The Bertz CT molecular complexity index is 690. The van der Waals surface area contributed by atoms with Gasteiger partial charge in [0.05, 0.1) is 13.1 Å². The van der Waals surface area contributed by atoms with Gasteiger partial charge in [0, 0.05) is 16.7 Å². The van der Waals surface area contributed by atoms with Crippen molar-refractivity contribution >= 4 is 27.5 Å². The molecule has 1 aliphatic heterocycles. The Hall–Kier alpha value is -1.72. The minimum atomic E-state index is -0.304. The zero-order valence-electron chi connectivity index (χ0n) is 11.3. The summed E-state index contributed by atoms with van der Waals surface area (Å²) >= 11 is 3.42. The molecule has 1 amide bonds. The fourth-order valence-electron chi connectivity index (χ4n) is 2.47. The SMILES string of the molecule is O=C1CNCc2ccccc2N1Cc1cc(F)ccc1Br. The van der Waals surface area contributed by atoms with Gasteiger partial charge in [-0.1, -0.05) is 34.1 Å². The van der Waals surface area contributed by atoms with Crippen LogP contribution in [-0.2, 0) is 17.9 Å². The molecule has 0 fully saturated rings. The smallest absolute Gasteiger partial charge is 0.241 e. The van der Waals surface area contributed by atoms with Crippen LogP contribution in [0.15, 0.2) is 46.9 Å². The third-order valence-corrected chi connectivity index (χ3v) is 4.28. The molecule has 5 heteroatoms. The molecular weight excluding hydrogens is 335 g/mol. The Balaban J connectivity index is 2.00. The highest BCUT2D eigenvalue weighted by Gasteiger charge is 2.22. The second-order valence-corrected chi connectivity index (χ2v) is 5.80. The predicted octanol–water partition coefficient (Wildman–Crippen LogP) is 3.22. The third-order valence-electron chi connectivity index (χ3n) is 3.51. The first-order chi connectivity index (χ1) is 10.1. The van der Waals surface area contributed by atoms with Gasteiger partial charge >= 0.3 is 0 Å². The molecule has 21 heavy (non-hydrogen) atoms. The number of rotatable bonds is 2. The maximum absolute atomic E-state index is 13.4. The lowest BCUT2D eigenvalue weighted by molar-refractivity contribution is -0.117. The molecule has 3 rings (SSSR count). The van der Waals surface area contributed by atoms with Crippen LogP contribution in [0.1, 0.15) is 11.1 Å². The van der Waals surface area contributed by atoms with Crippen molar-refractivity contribution in [2.45, 2.75) is 13.1 Å². The molecule has 0 unspecified atom stereocenters. The summed E-state index contributed by atoms with van der Waals surface area (Å²) in [7, 11) is 0. The second-order valence-electron chi connectivity index (χ2n) is 4.95. The van der Waals surface area contributed by atoms with E-state index in [1.807, 2.05) is 24.3 Å². The monoisotopic (exact) mass is 348 g/mol. The molecule has 108 valence electrons. The zero-order valence-corrected chi connectivity index (χ0v) is 12.9. The molecule has 3 nitrogen and oxygen atoms in total. The predicted molar refractivity (Wildman–Crippen MR) is 83.4 cm³/mol. The van der Waals surface area contributed by atoms with Crippen LogP contribution in [0, 0.1) is 5.82 Å². The van der Waals surface area contributed by atoms with Gasteiger partial charge in [-0.05, 0) is 35.4 Å². The Kier molecular flexibility index (Phi) is 4.03. The summed E-state index contributed by atoms with van der Waals surface area (Å²) in [5, 5.41) is 3.12. The minimum absolute atomic E-state index is 0.0175. The van der Waals surface area contributed by atoms with E-state index in [0.29, 0.717) is 13.1 Å². The number of halogens is 2. The summed E-state index contributed by atoms with van der Waals surface area (Å²) < 4.78 is 14.2. The van der Waals surface area contributed by atoms with Crippen molar-refractivity contribution in [3.8, 4) is 0 Å². The average Bonchev–Trinajstić information content (AvgIpc) is 2.63. The Morgan fingerprint density at radius 2 is 2.00 bits per heavy atom. The molecule has 2 aromatic carbocycles. The number of carbonyl (C=O) groups is 1. The number of carbonyl (C=O) groups excluding carboxylic acids is 1. The third kappa shape index (κ3) is 2.99. The van der Waals surface area contributed by atoms with Crippen LogP contribution in [0.4, 0.5) is 10.1 Å². The summed E-state index contributed by atoms with van der Waals surface area (Å²) in [6.45, 7) is 1.28. The maximum Gasteiger partial charge on any atom is 0.241 e. The molecule has 0 atom stereocenters. The molecule has 0 spiro atoms. The first-order valence-corrected chi connectivity index (χ1v) is 7.47. The van der Waals surface area contributed by atoms with Crippen LogP contribution in [-0.4, -0.2) is 12.5 Å². The molecule has 2 aromatic rings. The van der Waals surface area contributed by atoms with Gasteiger partial charge in [0.2, 0.25) is 5.91 Å². The van der Waals surface area contributed by atoms with Crippen LogP contribution < -0.4 is 10.2 Å². The van der Waals surface area contributed by atoms with Gasteiger partial charge in [-0.15, -0.1) is 0 Å². The van der Waals surface area contributed by atoms with Crippen molar-refractivity contribution in [1.82, 2.24) is 5.32 Å². The molecule has 0 saturated heterocycles. The lowest BCUT2D eigenvalue weighted by Gasteiger charge is -2.23. The lowest BCUT2D eigenvalue weighted by atomic mass is 10.1. The number of hydrogen-bond donors (Lipinski definition) is 1. The molecule has 1 heterocycles. The van der Waals surface area contributed by atoms with Gasteiger partial charge in [0.1, 0.15) is 5.82 Å². The number of fused-ring (bicyclic) bond motifs is 1. The quantitative estimate of drug-likeness (QED) is 0.903. The van der Waals surface area contributed by atoms with Crippen LogP contribution in [0.2, 0.25) is 0 Å². The second kappa shape index (κ2) is 5.95. The van der Waals surface area contributed by atoms with E-state index < -0.39 is 0 Å². The van der Waals surface area contributed by atoms with Gasteiger partial charge in [-0.3, -0.25) is 4.79 Å². The lowest BCUT2D eigenvalue weighted by Crippen LogP contribution is -2.35. The van der Waals surface area contributed by atoms with Crippen molar-refractivity contribution in [2.75, 3.05) is 11.4 Å². The van der Waals surface area contributed by atoms with Crippen LogP contribution in [0.3, 0.4) is 0 Å². The summed E-state index contributed by atoms with van der Waals surface area (Å²) in [6.07, 6.45) is 0. The number of amides is 1. The van der Waals surface area contributed by atoms with E-state index >= 15 is 0 Å². The average molecular weight is 349 g/mol. The Morgan fingerprint density at radius 3 is 2.86 bits per heavy atom. The van der Waals surface area contributed by atoms with E-state index in [9.17, 15) is 9.18 Å². The summed E-state index contributed by atoms with van der Waals surface area (Å²) in [6, 6.07) is 12.3. The largest absolute Gasteiger partial charge is 0.307 e. The van der Waals surface area contributed by atoms with Gasteiger partial charge in [-0.25, -0.2) is 4.39 Å². The first-order valence-electron chi connectivity index (χ1n) is 6.68. The molecule has 0 radical (unpaired) electrons. The van der Waals surface area contributed by atoms with Crippen molar-refractivity contribution in [2.24, 2.45) is 0 Å². The number of nitrogens with one attached hydrogen (secondary N) is 1. The highest BCUT2D eigenvalue weighted by molar-refractivity contribution is 9.10. The van der Waals surface area contributed by atoms with E-state index in [1.165, 1.54) is 12.1 Å². The zero-order chi connectivity index (χ0) is 14.8. The van der Waals surface area contributed by atoms with Gasteiger partial charge in [0.25, 0.3) is 0 Å². The molecule has 0 aromatic heterocycles. The Labute approximate surface area is 130 Å². The molecule has 0 saturated carbocycles. The van der Waals surface area contributed by atoms with E-state index in [-0.39, 0.29) is 18.3 Å². The summed E-state index contributed by atoms with van der Waals surface area (Å²) in [5.74, 6) is -0.321. The van der Waals surface area contributed by atoms with E-state index in [4.69, 9.17) is 0 Å². The fourth-order valence-corrected chi connectivity index (χ4v) is 2.84. The molecular formula is C16H14BrFN2O. The standard InChI is InChI=1S/C16H14BrFN2O/c17-14-6-5-13(18)7-12(14)10-20-15-4-2-1-3-11(15)8-19-9-16(20)21/h1-7,19H,8-10H2. The summed E-state index contributed by atoms with van der Waals surface area (Å²) in [5.41, 5.74) is 2.69. The normalized spacial score (nSPS) is 14.8. The Morgan fingerprint density at radius 1 is 1.19 bits per heavy atom. The van der Waals surface area contributed by atoms with Gasteiger partial charge < -0.3 is 10.2 Å². The topological polar surface area (TPSA) is 32.3 Å². The molecule has 0 bridgehead atoms. The molecule has 1 aliphatic rings.